The van der Waals surface area contributed by atoms with E-state index in [0.29, 0.717) is 37.6 Å². The number of ether oxygens (including phenoxy) is 1. The third-order valence-electron chi connectivity index (χ3n) is 3.84. The lowest BCUT2D eigenvalue weighted by Crippen LogP contribution is -2.40. The summed E-state index contributed by atoms with van der Waals surface area (Å²) in [6.45, 7) is 6.28. The van der Waals surface area contributed by atoms with Crippen LogP contribution in [0, 0.1) is 12.8 Å². The average Bonchev–Trinajstić information content (AvgIpc) is 2.56. The normalized spacial score (nSPS) is 16.2. The molecule has 22 heavy (non-hydrogen) atoms. The third kappa shape index (κ3) is 3.84. The van der Waals surface area contributed by atoms with Gasteiger partial charge in [-0.2, -0.15) is 0 Å². The molecular formula is C16H23N3O3. The molecule has 1 saturated heterocycles. The Morgan fingerprint density at radius 3 is 2.68 bits per heavy atom. The first-order valence-corrected chi connectivity index (χ1v) is 7.51. The van der Waals surface area contributed by atoms with E-state index >= 15 is 0 Å². The minimum atomic E-state index is -0.266. The molecule has 0 spiro atoms. The molecule has 0 bridgehead atoms. The first-order valence-electron chi connectivity index (χ1n) is 7.51. The van der Waals surface area contributed by atoms with Crippen molar-refractivity contribution in [1.82, 2.24) is 4.90 Å². The van der Waals surface area contributed by atoms with Crippen molar-refractivity contribution in [1.29, 1.82) is 0 Å². The molecule has 1 heterocycles. The zero-order valence-corrected chi connectivity index (χ0v) is 13.1. The van der Waals surface area contributed by atoms with E-state index in [1.54, 1.807) is 24.0 Å². The summed E-state index contributed by atoms with van der Waals surface area (Å²) in [6, 6.07) is 5.36. The Morgan fingerprint density at radius 2 is 2.05 bits per heavy atom. The Morgan fingerprint density at radius 1 is 1.36 bits per heavy atom. The molecule has 1 atom stereocenters. The average molecular weight is 305 g/mol. The molecule has 1 unspecified atom stereocenters. The number of benzene rings is 1. The van der Waals surface area contributed by atoms with Gasteiger partial charge in [-0.15, -0.1) is 0 Å². The van der Waals surface area contributed by atoms with E-state index in [9.17, 15) is 9.59 Å². The van der Waals surface area contributed by atoms with Crippen LogP contribution in [0.25, 0.3) is 0 Å². The van der Waals surface area contributed by atoms with E-state index in [4.69, 9.17) is 10.5 Å². The number of nitrogens with one attached hydrogen (secondary N) is 1. The van der Waals surface area contributed by atoms with Crippen LogP contribution in [-0.4, -0.2) is 49.6 Å². The van der Waals surface area contributed by atoms with Gasteiger partial charge in [0, 0.05) is 36.8 Å². The number of anilines is 1. The van der Waals surface area contributed by atoms with Crippen molar-refractivity contribution in [3.63, 3.8) is 0 Å². The van der Waals surface area contributed by atoms with Crippen LogP contribution in [0.2, 0.25) is 0 Å². The SMILES string of the molecule is Cc1ccc(C(=O)N2CCOCC2)cc1NC(=O)C(C)CN. The van der Waals surface area contributed by atoms with Gasteiger partial charge < -0.3 is 20.7 Å². The minimum absolute atomic E-state index is 0.0364. The van der Waals surface area contributed by atoms with Crippen LogP contribution < -0.4 is 11.1 Å². The molecule has 0 saturated carbocycles. The molecule has 2 rings (SSSR count). The number of rotatable bonds is 4. The first-order chi connectivity index (χ1) is 10.5. The van der Waals surface area contributed by atoms with Crippen LogP contribution in [-0.2, 0) is 9.53 Å². The number of amides is 2. The molecule has 1 aromatic rings. The van der Waals surface area contributed by atoms with Crippen molar-refractivity contribution in [3.05, 3.63) is 29.3 Å². The van der Waals surface area contributed by atoms with Gasteiger partial charge in [-0.1, -0.05) is 13.0 Å². The summed E-state index contributed by atoms with van der Waals surface area (Å²) in [6.07, 6.45) is 0. The molecule has 6 heteroatoms. The van der Waals surface area contributed by atoms with E-state index in [-0.39, 0.29) is 24.3 Å². The van der Waals surface area contributed by atoms with Gasteiger partial charge in [-0.25, -0.2) is 0 Å². The summed E-state index contributed by atoms with van der Waals surface area (Å²) in [5, 5.41) is 2.84. The Kier molecular flexibility index (Phi) is 5.51. The lowest BCUT2D eigenvalue weighted by atomic mass is 10.1. The highest BCUT2D eigenvalue weighted by Crippen LogP contribution is 2.19. The van der Waals surface area contributed by atoms with Crippen molar-refractivity contribution in [2.24, 2.45) is 11.7 Å². The summed E-state index contributed by atoms with van der Waals surface area (Å²) in [5.74, 6) is -0.440. The second-order valence-corrected chi connectivity index (χ2v) is 5.56. The van der Waals surface area contributed by atoms with Crippen molar-refractivity contribution in [3.8, 4) is 0 Å². The summed E-state index contributed by atoms with van der Waals surface area (Å²) in [7, 11) is 0. The smallest absolute Gasteiger partial charge is 0.254 e. The van der Waals surface area contributed by atoms with Gasteiger partial charge in [0.1, 0.15) is 0 Å². The van der Waals surface area contributed by atoms with Crippen molar-refractivity contribution < 1.29 is 14.3 Å². The van der Waals surface area contributed by atoms with E-state index in [2.05, 4.69) is 5.32 Å². The van der Waals surface area contributed by atoms with Crippen molar-refractivity contribution >= 4 is 17.5 Å². The number of nitrogens with two attached hydrogens (primary N) is 1. The van der Waals surface area contributed by atoms with Crippen LogP contribution in [0.4, 0.5) is 5.69 Å². The van der Waals surface area contributed by atoms with E-state index in [1.807, 2.05) is 13.0 Å². The summed E-state index contributed by atoms with van der Waals surface area (Å²) >= 11 is 0. The Balaban J connectivity index is 2.15. The quantitative estimate of drug-likeness (QED) is 0.869. The minimum Gasteiger partial charge on any atom is -0.378 e. The van der Waals surface area contributed by atoms with E-state index < -0.39 is 0 Å². The van der Waals surface area contributed by atoms with Gasteiger partial charge in [-0.3, -0.25) is 9.59 Å². The highest BCUT2D eigenvalue weighted by atomic mass is 16.5. The largest absolute Gasteiger partial charge is 0.378 e. The standard InChI is InChI=1S/C16H23N3O3/c1-11-3-4-13(16(21)19-5-7-22-8-6-19)9-14(11)18-15(20)12(2)10-17/h3-4,9,12H,5-8,10,17H2,1-2H3,(H,18,20). The molecular weight excluding hydrogens is 282 g/mol. The van der Waals surface area contributed by atoms with Crippen LogP contribution in [0.15, 0.2) is 18.2 Å². The molecule has 0 aliphatic carbocycles. The van der Waals surface area contributed by atoms with Gasteiger partial charge >= 0.3 is 0 Å². The Labute approximate surface area is 130 Å². The fraction of sp³-hybridized carbons (Fsp3) is 0.500. The first kappa shape index (κ1) is 16.5. The van der Waals surface area contributed by atoms with Crippen molar-refractivity contribution in [2.75, 3.05) is 38.2 Å². The second-order valence-electron chi connectivity index (χ2n) is 5.56. The number of morpholine rings is 1. The molecule has 2 amide bonds. The molecule has 1 aromatic carbocycles. The van der Waals surface area contributed by atoms with E-state index in [1.165, 1.54) is 0 Å². The lowest BCUT2D eigenvalue weighted by Gasteiger charge is -2.27. The molecule has 1 aliphatic heterocycles. The van der Waals surface area contributed by atoms with Crippen LogP contribution in [0.5, 0.6) is 0 Å². The number of nitrogens with zero attached hydrogens (tertiary/aromatic N) is 1. The Hall–Kier alpha value is -1.92. The van der Waals surface area contributed by atoms with Gasteiger partial charge in [0.25, 0.3) is 5.91 Å². The van der Waals surface area contributed by atoms with Crippen LogP contribution in [0.3, 0.4) is 0 Å². The maximum absolute atomic E-state index is 12.5. The van der Waals surface area contributed by atoms with Gasteiger partial charge in [0.15, 0.2) is 0 Å². The molecule has 120 valence electrons. The Bertz CT molecular complexity index is 554. The number of hydrogen-bond acceptors (Lipinski definition) is 4. The second kappa shape index (κ2) is 7.38. The summed E-state index contributed by atoms with van der Waals surface area (Å²) < 4.78 is 5.26. The molecule has 3 N–H and O–H groups in total. The molecule has 0 aromatic heterocycles. The number of carbonyl (C=O) groups excluding carboxylic acids is 2. The highest BCUT2D eigenvalue weighted by Gasteiger charge is 2.20. The topological polar surface area (TPSA) is 84.7 Å². The fourth-order valence-corrected chi connectivity index (χ4v) is 2.20. The van der Waals surface area contributed by atoms with Crippen LogP contribution in [0.1, 0.15) is 22.8 Å². The van der Waals surface area contributed by atoms with Gasteiger partial charge in [-0.05, 0) is 24.6 Å². The maximum atomic E-state index is 12.5. The molecule has 1 fully saturated rings. The summed E-state index contributed by atoms with van der Waals surface area (Å²) in [4.78, 5) is 26.2. The van der Waals surface area contributed by atoms with Gasteiger partial charge in [0.2, 0.25) is 5.91 Å². The molecule has 1 aliphatic rings. The predicted octanol–water partition coefficient (Wildman–Crippen LogP) is 1.00. The van der Waals surface area contributed by atoms with Crippen LogP contribution >= 0.6 is 0 Å². The maximum Gasteiger partial charge on any atom is 0.254 e. The summed E-state index contributed by atoms with van der Waals surface area (Å²) in [5.41, 5.74) is 7.65. The zero-order valence-electron chi connectivity index (χ0n) is 13.1. The van der Waals surface area contributed by atoms with Gasteiger partial charge in [0.05, 0.1) is 13.2 Å². The molecule has 0 radical (unpaired) electrons. The fourth-order valence-electron chi connectivity index (χ4n) is 2.20. The van der Waals surface area contributed by atoms with Crippen molar-refractivity contribution in [2.45, 2.75) is 13.8 Å². The predicted molar refractivity (Wildman–Crippen MR) is 84.7 cm³/mol. The van der Waals surface area contributed by atoms with E-state index in [0.717, 1.165) is 5.56 Å². The molecule has 6 nitrogen and oxygen atoms in total. The lowest BCUT2D eigenvalue weighted by molar-refractivity contribution is -0.119. The monoisotopic (exact) mass is 305 g/mol. The number of hydrogen-bond donors (Lipinski definition) is 2. The number of aryl methyl sites for hydroxylation is 1. The third-order valence-corrected chi connectivity index (χ3v) is 3.84. The highest BCUT2D eigenvalue weighted by molar-refractivity contribution is 5.98. The number of carbonyl (C=O) groups is 2. The zero-order chi connectivity index (χ0) is 16.1.